The van der Waals surface area contributed by atoms with Crippen molar-refractivity contribution in [2.75, 3.05) is 19.5 Å². The highest BCUT2D eigenvalue weighted by molar-refractivity contribution is 5.91. The molecule has 0 saturated heterocycles. The Morgan fingerprint density at radius 1 is 1.03 bits per heavy atom. The summed E-state index contributed by atoms with van der Waals surface area (Å²) in [6.45, 7) is 3.59. The number of aryl methyl sites for hydroxylation is 1. The lowest BCUT2D eigenvalue weighted by molar-refractivity contribution is -0.115. The van der Waals surface area contributed by atoms with Gasteiger partial charge in [0.15, 0.2) is 23.1 Å². The minimum atomic E-state index is -0.295. The smallest absolute Gasteiger partial charge is 0.233 e. The highest BCUT2D eigenvalue weighted by Gasteiger charge is 2.14. The van der Waals surface area contributed by atoms with E-state index in [0.717, 1.165) is 10.9 Å². The van der Waals surface area contributed by atoms with E-state index in [9.17, 15) is 4.79 Å². The SMILES string of the molecule is COc1cc2nccc(Oc3cnc(CC(=O)Nc4noc(C)c4C)nc3)c2cc1OC. The van der Waals surface area contributed by atoms with Gasteiger partial charge in [0.25, 0.3) is 0 Å². The van der Waals surface area contributed by atoms with E-state index in [1.54, 1.807) is 45.5 Å². The van der Waals surface area contributed by atoms with Crippen LogP contribution in [0, 0.1) is 13.8 Å². The Balaban J connectivity index is 1.48. The molecule has 32 heavy (non-hydrogen) atoms. The zero-order chi connectivity index (χ0) is 22.7. The van der Waals surface area contributed by atoms with Gasteiger partial charge in [-0.05, 0) is 26.0 Å². The van der Waals surface area contributed by atoms with E-state index in [0.29, 0.717) is 45.9 Å². The molecule has 1 N–H and O–H groups in total. The third kappa shape index (κ3) is 4.29. The fourth-order valence-electron chi connectivity index (χ4n) is 3.00. The lowest BCUT2D eigenvalue weighted by Crippen LogP contribution is -2.16. The Hall–Kier alpha value is -4.21. The van der Waals surface area contributed by atoms with Gasteiger partial charge in [-0.15, -0.1) is 0 Å². The molecule has 0 aliphatic heterocycles. The first-order valence-corrected chi connectivity index (χ1v) is 9.70. The predicted octanol–water partition coefficient (Wildman–Crippen LogP) is 3.62. The van der Waals surface area contributed by atoms with Gasteiger partial charge in [-0.2, -0.15) is 0 Å². The van der Waals surface area contributed by atoms with Crippen molar-refractivity contribution >= 4 is 22.6 Å². The molecule has 0 aliphatic carbocycles. The van der Waals surface area contributed by atoms with E-state index in [4.69, 9.17) is 18.7 Å². The maximum Gasteiger partial charge on any atom is 0.233 e. The van der Waals surface area contributed by atoms with E-state index in [1.165, 1.54) is 12.4 Å². The van der Waals surface area contributed by atoms with Crippen LogP contribution in [-0.4, -0.2) is 40.2 Å². The molecule has 0 saturated carbocycles. The number of methoxy groups -OCH3 is 2. The number of fused-ring (bicyclic) bond motifs is 1. The van der Waals surface area contributed by atoms with Gasteiger partial charge in [0.2, 0.25) is 5.91 Å². The maximum absolute atomic E-state index is 12.2. The summed E-state index contributed by atoms with van der Waals surface area (Å²) in [6, 6.07) is 5.30. The average Bonchev–Trinajstić information content (AvgIpc) is 3.11. The highest BCUT2D eigenvalue weighted by atomic mass is 16.5. The molecule has 0 bridgehead atoms. The number of nitrogens with zero attached hydrogens (tertiary/aromatic N) is 4. The molecule has 0 fully saturated rings. The fraction of sp³-hybridized carbons (Fsp3) is 0.227. The van der Waals surface area contributed by atoms with Gasteiger partial charge < -0.3 is 24.1 Å². The normalized spacial score (nSPS) is 10.8. The summed E-state index contributed by atoms with van der Waals surface area (Å²) in [5.41, 5.74) is 1.47. The Labute approximate surface area is 183 Å². The molecule has 0 spiro atoms. The zero-order valence-electron chi connectivity index (χ0n) is 18.0. The van der Waals surface area contributed by atoms with E-state index in [2.05, 4.69) is 25.4 Å². The number of ether oxygens (including phenoxy) is 3. The lowest BCUT2D eigenvalue weighted by atomic mass is 10.2. The summed E-state index contributed by atoms with van der Waals surface area (Å²) < 4.78 is 21.7. The van der Waals surface area contributed by atoms with Crippen LogP contribution in [-0.2, 0) is 11.2 Å². The summed E-state index contributed by atoms with van der Waals surface area (Å²) in [4.78, 5) is 25.0. The Morgan fingerprint density at radius 2 is 1.75 bits per heavy atom. The molecule has 1 aromatic carbocycles. The molecule has 164 valence electrons. The number of pyridine rings is 1. The van der Waals surface area contributed by atoms with Crippen molar-refractivity contribution in [1.29, 1.82) is 0 Å². The highest BCUT2D eigenvalue weighted by Crippen LogP contribution is 2.36. The molecule has 0 aliphatic rings. The lowest BCUT2D eigenvalue weighted by Gasteiger charge is -2.12. The van der Waals surface area contributed by atoms with Gasteiger partial charge in [-0.3, -0.25) is 9.78 Å². The third-order valence-corrected chi connectivity index (χ3v) is 4.85. The van der Waals surface area contributed by atoms with Crippen LogP contribution in [0.25, 0.3) is 10.9 Å². The molecule has 0 atom stereocenters. The number of anilines is 1. The van der Waals surface area contributed by atoms with Gasteiger partial charge in [-0.1, -0.05) is 5.16 Å². The quantitative estimate of drug-likeness (QED) is 0.464. The number of carbonyl (C=O) groups excluding carboxylic acids is 1. The molecular weight excluding hydrogens is 414 g/mol. The van der Waals surface area contributed by atoms with Crippen LogP contribution in [0.3, 0.4) is 0 Å². The van der Waals surface area contributed by atoms with Gasteiger partial charge in [0, 0.05) is 23.2 Å². The number of hydrogen-bond acceptors (Lipinski definition) is 9. The van der Waals surface area contributed by atoms with E-state index >= 15 is 0 Å². The van der Waals surface area contributed by atoms with E-state index < -0.39 is 0 Å². The molecule has 10 nitrogen and oxygen atoms in total. The number of aromatic nitrogens is 4. The standard InChI is InChI=1S/C22H21N5O5/c1-12-13(2)32-27-22(12)26-21(28)9-20-24-10-14(11-25-20)31-17-5-6-23-16-8-19(30-4)18(29-3)7-15(16)17/h5-8,10-11H,9H2,1-4H3,(H,26,27,28). The third-order valence-electron chi connectivity index (χ3n) is 4.85. The summed E-state index contributed by atoms with van der Waals surface area (Å²) in [5, 5.41) is 7.25. The second-order valence-corrected chi connectivity index (χ2v) is 6.91. The molecule has 4 aromatic rings. The topological polar surface area (TPSA) is 121 Å². The monoisotopic (exact) mass is 435 g/mol. The van der Waals surface area contributed by atoms with Crippen LogP contribution >= 0.6 is 0 Å². The van der Waals surface area contributed by atoms with Crippen LogP contribution in [0.15, 0.2) is 41.3 Å². The second kappa shape index (κ2) is 8.88. The number of rotatable bonds is 7. The van der Waals surface area contributed by atoms with Crippen molar-refractivity contribution in [3.05, 3.63) is 53.9 Å². The number of carbonyl (C=O) groups is 1. The molecule has 0 unspecified atom stereocenters. The fourth-order valence-corrected chi connectivity index (χ4v) is 3.00. The molecule has 3 aromatic heterocycles. The maximum atomic E-state index is 12.2. The average molecular weight is 435 g/mol. The second-order valence-electron chi connectivity index (χ2n) is 6.91. The van der Waals surface area contributed by atoms with Crippen molar-refractivity contribution in [3.63, 3.8) is 0 Å². The summed E-state index contributed by atoms with van der Waals surface area (Å²) in [7, 11) is 3.13. The molecule has 0 radical (unpaired) electrons. The van der Waals surface area contributed by atoms with Crippen molar-refractivity contribution in [3.8, 4) is 23.0 Å². The molecule has 1 amide bonds. The van der Waals surface area contributed by atoms with Crippen molar-refractivity contribution < 1.29 is 23.5 Å². The minimum Gasteiger partial charge on any atom is -0.493 e. The Bertz CT molecular complexity index is 1270. The van der Waals surface area contributed by atoms with Gasteiger partial charge >= 0.3 is 0 Å². The van der Waals surface area contributed by atoms with Crippen LogP contribution in [0.2, 0.25) is 0 Å². The van der Waals surface area contributed by atoms with Gasteiger partial charge in [0.05, 0.1) is 38.6 Å². The number of nitrogens with one attached hydrogen (secondary N) is 1. The first-order chi connectivity index (χ1) is 15.5. The Morgan fingerprint density at radius 3 is 2.41 bits per heavy atom. The number of amides is 1. The van der Waals surface area contributed by atoms with Crippen LogP contribution in [0.4, 0.5) is 5.82 Å². The summed E-state index contributed by atoms with van der Waals surface area (Å²) in [6.07, 6.45) is 4.64. The summed E-state index contributed by atoms with van der Waals surface area (Å²) in [5.74, 6) is 3.21. The van der Waals surface area contributed by atoms with Crippen LogP contribution in [0.5, 0.6) is 23.0 Å². The van der Waals surface area contributed by atoms with Crippen LogP contribution < -0.4 is 19.5 Å². The van der Waals surface area contributed by atoms with Crippen molar-refractivity contribution in [2.45, 2.75) is 20.3 Å². The van der Waals surface area contributed by atoms with Gasteiger partial charge in [0.1, 0.15) is 17.3 Å². The minimum absolute atomic E-state index is 0.0131. The predicted molar refractivity (Wildman–Crippen MR) is 115 cm³/mol. The summed E-state index contributed by atoms with van der Waals surface area (Å²) >= 11 is 0. The first-order valence-electron chi connectivity index (χ1n) is 9.70. The Kier molecular flexibility index (Phi) is 5.84. The zero-order valence-corrected chi connectivity index (χ0v) is 18.0. The molecule has 3 heterocycles. The number of hydrogen-bond donors (Lipinski definition) is 1. The first kappa shape index (κ1) is 21.0. The van der Waals surface area contributed by atoms with Crippen molar-refractivity contribution in [1.82, 2.24) is 20.1 Å². The van der Waals surface area contributed by atoms with Gasteiger partial charge in [-0.25, -0.2) is 9.97 Å². The molecule has 4 rings (SSSR count). The molecule has 10 heteroatoms. The van der Waals surface area contributed by atoms with Crippen molar-refractivity contribution in [2.24, 2.45) is 0 Å². The van der Waals surface area contributed by atoms with E-state index in [-0.39, 0.29) is 12.3 Å². The van der Waals surface area contributed by atoms with Crippen LogP contribution in [0.1, 0.15) is 17.1 Å². The van der Waals surface area contributed by atoms with E-state index in [1.807, 2.05) is 6.92 Å². The molecular formula is C22H21N5O5. The largest absolute Gasteiger partial charge is 0.493 e. The number of benzene rings is 1.